The highest BCUT2D eigenvalue weighted by atomic mass is 32.2. The standard InChI is InChI=1S/C21H40N4O6S/c1-7-11(3)15(23-18(27)14(22)9-10-32-6)19(28)25-17(13(5)26)20(29)24-16(21(30)31)12(4)8-2/h11-17,26H,7-10,22H2,1-6H3,(H,23,27)(H,24,29)(H,25,28)(H,30,31). The lowest BCUT2D eigenvalue weighted by molar-refractivity contribution is -0.144. The molecule has 3 amide bonds. The van der Waals surface area contributed by atoms with E-state index in [1.165, 1.54) is 6.92 Å². The fraction of sp³-hybridized carbons (Fsp3) is 0.810. The molecule has 0 aromatic heterocycles. The van der Waals surface area contributed by atoms with E-state index < -0.39 is 54.0 Å². The minimum Gasteiger partial charge on any atom is -0.480 e. The van der Waals surface area contributed by atoms with Gasteiger partial charge in [-0.3, -0.25) is 14.4 Å². The van der Waals surface area contributed by atoms with Crippen molar-refractivity contribution >= 4 is 35.5 Å². The van der Waals surface area contributed by atoms with Crippen LogP contribution in [0.1, 0.15) is 53.9 Å². The first-order chi connectivity index (χ1) is 14.9. The van der Waals surface area contributed by atoms with Gasteiger partial charge in [-0.15, -0.1) is 0 Å². The Labute approximate surface area is 194 Å². The second-order valence-corrected chi connectivity index (χ2v) is 9.18. The summed E-state index contributed by atoms with van der Waals surface area (Å²) in [5.41, 5.74) is 5.90. The number of amides is 3. The summed E-state index contributed by atoms with van der Waals surface area (Å²) < 4.78 is 0. The zero-order valence-electron chi connectivity index (χ0n) is 19.9. The molecule has 0 bridgehead atoms. The van der Waals surface area contributed by atoms with Crippen LogP contribution in [0.15, 0.2) is 0 Å². The molecule has 7 unspecified atom stereocenters. The third kappa shape index (κ3) is 9.74. The molecule has 7 atom stereocenters. The monoisotopic (exact) mass is 476 g/mol. The van der Waals surface area contributed by atoms with Crippen LogP contribution in [0.3, 0.4) is 0 Å². The van der Waals surface area contributed by atoms with Crippen molar-refractivity contribution in [2.45, 2.75) is 84.2 Å². The normalized spacial score (nSPS) is 17.8. The van der Waals surface area contributed by atoms with Gasteiger partial charge in [-0.25, -0.2) is 4.79 Å². The largest absolute Gasteiger partial charge is 0.480 e. The van der Waals surface area contributed by atoms with Crippen LogP contribution in [0.2, 0.25) is 0 Å². The first kappa shape index (κ1) is 30.1. The Balaban J connectivity index is 5.47. The van der Waals surface area contributed by atoms with Crippen LogP contribution in [0.4, 0.5) is 0 Å². The van der Waals surface area contributed by atoms with Crippen molar-refractivity contribution in [2.24, 2.45) is 17.6 Å². The lowest BCUT2D eigenvalue weighted by Crippen LogP contribution is -2.61. The number of carboxylic acid groups (broad SMARTS) is 1. The molecule has 186 valence electrons. The zero-order chi connectivity index (χ0) is 25.0. The molecule has 10 nitrogen and oxygen atoms in total. The Morgan fingerprint density at radius 2 is 1.28 bits per heavy atom. The van der Waals surface area contributed by atoms with Crippen molar-refractivity contribution in [3.63, 3.8) is 0 Å². The number of hydrogen-bond donors (Lipinski definition) is 6. The number of nitrogens with one attached hydrogen (secondary N) is 3. The molecule has 0 aliphatic rings. The number of carbonyl (C=O) groups is 4. The van der Waals surface area contributed by atoms with E-state index in [1.54, 1.807) is 32.5 Å². The average molecular weight is 477 g/mol. The molecule has 0 saturated carbocycles. The number of carbonyl (C=O) groups excluding carboxylic acids is 3. The van der Waals surface area contributed by atoms with Crippen LogP contribution in [0.5, 0.6) is 0 Å². The predicted octanol–water partition coefficient (Wildman–Crippen LogP) is 0.0788. The number of aliphatic carboxylic acids is 1. The first-order valence-electron chi connectivity index (χ1n) is 11.0. The van der Waals surface area contributed by atoms with E-state index in [0.717, 1.165) is 0 Å². The van der Waals surface area contributed by atoms with Crippen LogP contribution in [0.25, 0.3) is 0 Å². The third-order valence-corrected chi connectivity index (χ3v) is 6.25. The lowest BCUT2D eigenvalue weighted by atomic mass is 9.96. The lowest BCUT2D eigenvalue weighted by Gasteiger charge is -2.29. The van der Waals surface area contributed by atoms with Gasteiger partial charge in [-0.05, 0) is 37.2 Å². The summed E-state index contributed by atoms with van der Waals surface area (Å²) in [6.07, 6.45) is 2.15. The summed E-state index contributed by atoms with van der Waals surface area (Å²) in [4.78, 5) is 49.6. The van der Waals surface area contributed by atoms with Crippen LogP contribution in [-0.2, 0) is 19.2 Å². The van der Waals surface area contributed by atoms with Crippen molar-refractivity contribution in [3.8, 4) is 0 Å². The van der Waals surface area contributed by atoms with Crippen molar-refractivity contribution in [2.75, 3.05) is 12.0 Å². The van der Waals surface area contributed by atoms with Crippen molar-refractivity contribution in [1.29, 1.82) is 0 Å². The smallest absolute Gasteiger partial charge is 0.326 e. The fourth-order valence-corrected chi connectivity index (χ4v) is 3.40. The number of aliphatic hydroxyl groups is 1. The number of thioether (sulfide) groups is 1. The Kier molecular flexibility index (Phi) is 14.2. The molecule has 0 aliphatic heterocycles. The molecule has 0 aromatic carbocycles. The molecule has 32 heavy (non-hydrogen) atoms. The van der Waals surface area contributed by atoms with E-state index in [9.17, 15) is 29.4 Å². The van der Waals surface area contributed by atoms with Gasteiger partial charge in [0.1, 0.15) is 18.1 Å². The maximum Gasteiger partial charge on any atom is 0.326 e. The summed E-state index contributed by atoms with van der Waals surface area (Å²) in [7, 11) is 0. The van der Waals surface area contributed by atoms with E-state index >= 15 is 0 Å². The van der Waals surface area contributed by atoms with E-state index in [2.05, 4.69) is 16.0 Å². The Bertz CT molecular complexity index is 633. The molecule has 0 fully saturated rings. The maximum atomic E-state index is 13.0. The van der Waals surface area contributed by atoms with Gasteiger partial charge in [-0.1, -0.05) is 40.5 Å². The number of carboxylic acids is 1. The minimum atomic E-state index is -1.39. The predicted molar refractivity (Wildman–Crippen MR) is 125 cm³/mol. The van der Waals surface area contributed by atoms with Gasteiger partial charge in [0, 0.05) is 0 Å². The van der Waals surface area contributed by atoms with Crippen LogP contribution in [-0.4, -0.2) is 76.2 Å². The highest BCUT2D eigenvalue weighted by molar-refractivity contribution is 7.98. The van der Waals surface area contributed by atoms with Crippen molar-refractivity contribution in [1.82, 2.24) is 16.0 Å². The SMILES string of the molecule is CCC(C)C(NC(=O)C(NC(=O)C(NC(=O)C(N)CCSC)C(C)CC)C(C)O)C(=O)O. The second-order valence-electron chi connectivity index (χ2n) is 8.20. The molecular weight excluding hydrogens is 436 g/mol. The molecule has 0 saturated heterocycles. The summed E-state index contributed by atoms with van der Waals surface area (Å²) in [5.74, 6) is -3.06. The van der Waals surface area contributed by atoms with E-state index in [-0.39, 0.29) is 11.8 Å². The van der Waals surface area contributed by atoms with Gasteiger partial charge >= 0.3 is 5.97 Å². The number of hydrogen-bond acceptors (Lipinski definition) is 7. The van der Waals surface area contributed by atoms with E-state index in [1.807, 2.05) is 13.2 Å². The summed E-state index contributed by atoms with van der Waals surface area (Å²) in [6, 6.07) is -4.29. The van der Waals surface area contributed by atoms with E-state index in [0.29, 0.717) is 25.0 Å². The molecule has 0 aromatic rings. The molecule has 0 heterocycles. The van der Waals surface area contributed by atoms with Crippen LogP contribution in [0, 0.1) is 11.8 Å². The van der Waals surface area contributed by atoms with Crippen molar-refractivity contribution < 1.29 is 29.4 Å². The summed E-state index contributed by atoms with van der Waals surface area (Å²) in [5, 5.41) is 27.0. The first-order valence-corrected chi connectivity index (χ1v) is 12.4. The molecule has 0 rings (SSSR count). The molecule has 7 N–H and O–H groups in total. The van der Waals surface area contributed by atoms with Gasteiger partial charge in [-0.2, -0.15) is 11.8 Å². The second kappa shape index (κ2) is 15.1. The van der Waals surface area contributed by atoms with Gasteiger partial charge in [0.25, 0.3) is 0 Å². The third-order valence-electron chi connectivity index (χ3n) is 5.60. The van der Waals surface area contributed by atoms with Crippen LogP contribution < -0.4 is 21.7 Å². The zero-order valence-corrected chi connectivity index (χ0v) is 20.7. The Hall–Kier alpha value is -1.85. The van der Waals surface area contributed by atoms with E-state index in [4.69, 9.17) is 5.73 Å². The Morgan fingerprint density at radius 3 is 1.72 bits per heavy atom. The van der Waals surface area contributed by atoms with Gasteiger partial charge < -0.3 is 31.9 Å². The highest BCUT2D eigenvalue weighted by Crippen LogP contribution is 2.11. The average Bonchev–Trinajstić information content (AvgIpc) is 2.75. The molecule has 0 spiro atoms. The Morgan fingerprint density at radius 1 is 0.844 bits per heavy atom. The van der Waals surface area contributed by atoms with Crippen LogP contribution >= 0.6 is 11.8 Å². The number of rotatable bonds is 15. The molecule has 0 radical (unpaired) electrons. The summed E-state index contributed by atoms with van der Waals surface area (Å²) >= 11 is 1.56. The molecule has 0 aliphatic carbocycles. The summed E-state index contributed by atoms with van der Waals surface area (Å²) in [6.45, 7) is 8.43. The minimum absolute atomic E-state index is 0.267. The van der Waals surface area contributed by atoms with Gasteiger partial charge in [0.05, 0.1) is 12.1 Å². The highest BCUT2D eigenvalue weighted by Gasteiger charge is 2.35. The fourth-order valence-electron chi connectivity index (χ4n) is 2.91. The molecule has 11 heteroatoms. The topological polar surface area (TPSA) is 171 Å². The quantitative estimate of drug-likeness (QED) is 0.193. The van der Waals surface area contributed by atoms with Gasteiger partial charge in [0.15, 0.2) is 0 Å². The molecular formula is C21H40N4O6S. The van der Waals surface area contributed by atoms with Gasteiger partial charge in [0.2, 0.25) is 17.7 Å². The van der Waals surface area contributed by atoms with Crippen molar-refractivity contribution in [3.05, 3.63) is 0 Å². The number of aliphatic hydroxyl groups excluding tert-OH is 1. The number of nitrogens with two attached hydrogens (primary N) is 1. The maximum absolute atomic E-state index is 13.0.